The number of aryl methyl sites for hydroxylation is 1. The zero-order valence-electron chi connectivity index (χ0n) is 9.38. The first-order chi connectivity index (χ1) is 6.58. The van der Waals surface area contributed by atoms with E-state index in [1.807, 2.05) is 18.5 Å². The number of rotatable bonds is 4. The molecular weight excluding hydrogens is 172 g/mol. The minimum Gasteiger partial charge on any atom is -0.312 e. The lowest BCUT2D eigenvalue weighted by molar-refractivity contribution is 0.422. The van der Waals surface area contributed by atoms with Crippen molar-refractivity contribution in [3.8, 4) is 0 Å². The van der Waals surface area contributed by atoms with Crippen molar-refractivity contribution in [2.24, 2.45) is 0 Å². The minimum atomic E-state index is 0.231. The molecule has 14 heavy (non-hydrogen) atoms. The number of pyridine rings is 1. The Morgan fingerprint density at radius 3 is 2.71 bits per heavy atom. The average molecular weight is 192 g/mol. The van der Waals surface area contributed by atoms with Gasteiger partial charge in [0, 0.05) is 17.9 Å². The van der Waals surface area contributed by atoms with Gasteiger partial charge in [0.15, 0.2) is 0 Å². The van der Waals surface area contributed by atoms with Gasteiger partial charge in [0.05, 0.1) is 0 Å². The molecule has 78 valence electrons. The van der Waals surface area contributed by atoms with Crippen LogP contribution >= 0.6 is 0 Å². The highest BCUT2D eigenvalue weighted by Gasteiger charge is 2.06. The molecule has 1 N–H and O–H groups in total. The summed E-state index contributed by atoms with van der Waals surface area (Å²) < 4.78 is 0. The van der Waals surface area contributed by atoms with Gasteiger partial charge in [0.1, 0.15) is 0 Å². The van der Waals surface area contributed by atoms with Crippen LogP contribution in [0.5, 0.6) is 0 Å². The van der Waals surface area contributed by atoms with E-state index in [4.69, 9.17) is 0 Å². The van der Waals surface area contributed by atoms with Gasteiger partial charge in [-0.1, -0.05) is 6.07 Å². The highest BCUT2D eigenvalue weighted by molar-refractivity contribution is 5.08. The molecule has 0 aliphatic carbocycles. The molecular formula is C12H20N2. The van der Waals surface area contributed by atoms with Gasteiger partial charge in [0.2, 0.25) is 0 Å². The molecule has 0 saturated heterocycles. The molecule has 0 atom stereocenters. The Kier molecular flexibility index (Phi) is 4.08. The van der Waals surface area contributed by atoms with E-state index in [0.29, 0.717) is 0 Å². The van der Waals surface area contributed by atoms with Crippen LogP contribution in [0.15, 0.2) is 24.5 Å². The van der Waals surface area contributed by atoms with E-state index in [2.05, 4.69) is 37.1 Å². The fraction of sp³-hybridized carbons (Fsp3) is 0.583. The smallest absolute Gasteiger partial charge is 0.0299 e. The molecule has 1 aromatic rings. The van der Waals surface area contributed by atoms with Crippen LogP contribution in [0.4, 0.5) is 0 Å². The molecule has 0 aromatic carbocycles. The number of hydrogen-bond acceptors (Lipinski definition) is 2. The molecule has 1 heterocycles. The summed E-state index contributed by atoms with van der Waals surface area (Å²) >= 11 is 0. The summed E-state index contributed by atoms with van der Waals surface area (Å²) in [4.78, 5) is 4.09. The third-order valence-corrected chi connectivity index (χ3v) is 2.02. The maximum absolute atomic E-state index is 4.09. The first kappa shape index (κ1) is 11.2. The monoisotopic (exact) mass is 192 g/mol. The van der Waals surface area contributed by atoms with Crippen LogP contribution in [0, 0.1) is 0 Å². The molecule has 0 unspecified atom stereocenters. The van der Waals surface area contributed by atoms with Gasteiger partial charge in [0.25, 0.3) is 0 Å². The third kappa shape index (κ3) is 4.97. The van der Waals surface area contributed by atoms with Crippen molar-refractivity contribution in [3.05, 3.63) is 30.1 Å². The fourth-order valence-electron chi connectivity index (χ4n) is 1.30. The fourth-order valence-corrected chi connectivity index (χ4v) is 1.30. The second-order valence-electron chi connectivity index (χ2n) is 4.64. The van der Waals surface area contributed by atoms with Crippen molar-refractivity contribution in [1.82, 2.24) is 10.3 Å². The molecule has 0 bridgehead atoms. The Hall–Kier alpha value is -0.890. The summed E-state index contributed by atoms with van der Waals surface area (Å²) in [6.45, 7) is 7.64. The Balaban J connectivity index is 2.17. The second-order valence-corrected chi connectivity index (χ2v) is 4.64. The van der Waals surface area contributed by atoms with Gasteiger partial charge in [-0.25, -0.2) is 0 Å². The van der Waals surface area contributed by atoms with Crippen molar-refractivity contribution >= 4 is 0 Å². The van der Waals surface area contributed by atoms with E-state index in [-0.39, 0.29) is 5.54 Å². The molecule has 0 aliphatic rings. The maximum atomic E-state index is 4.09. The number of nitrogens with zero attached hydrogens (tertiary/aromatic N) is 1. The molecule has 0 spiro atoms. The van der Waals surface area contributed by atoms with Crippen LogP contribution in [0.2, 0.25) is 0 Å². The predicted molar refractivity (Wildman–Crippen MR) is 60.3 cm³/mol. The Bertz CT molecular complexity index is 249. The summed E-state index contributed by atoms with van der Waals surface area (Å²) in [5.41, 5.74) is 1.55. The van der Waals surface area contributed by atoms with Crippen LogP contribution in [-0.4, -0.2) is 17.1 Å². The van der Waals surface area contributed by atoms with Crippen LogP contribution in [0.1, 0.15) is 32.8 Å². The molecule has 1 aromatic heterocycles. The normalized spacial score (nSPS) is 11.6. The van der Waals surface area contributed by atoms with Gasteiger partial charge >= 0.3 is 0 Å². The Morgan fingerprint density at radius 1 is 1.36 bits per heavy atom. The highest BCUT2D eigenvalue weighted by Crippen LogP contribution is 2.02. The molecule has 2 nitrogen and oxygen atoms in total. The summed E-state index contributed by atoms with van der Waals surface area (Å²) in [6.07, 6.45) is 6.04. The first-order valence-corrected chi connectivity index (χ1v) is 5.22. The number of aromatic nitrogens is 1. The summed E-state index contributed by atoms with van der Waals surface area (Å²) in [6, 6.07) is 4.12. The molecule has 0 fully saturated rings. The van der Waals surface area contributed by atoms with Gasteiger partial charge in [-0.15, -0.1) is 0 Å². The van der Waals surface area contributed by atoms with Gasteiger partial charge in [-0.3, -0.25) is 4.98 Å². The van der Waals surface area contributed by atoms with E-state index >= 15 is 0 Å². The van der Waals surface area contributed by atoms with E-state index in [0.717, 1.165) is 13.0 Å². The quantitative estimate of drug-likeness (QED) is 0.741. The number of nitrogens with one attached hydrogen (secondary N) is 1. The van der Waals surface area contributed by atoms with Crippen LogP contribution in [0.3, 0.4) is 0 Å². The van der Waals surface area contributed by atoms with Crippen LogP contribution in [-0.2, 0) is 6.42 Å². The highest BCUT2D eigenvalue weighted by atomic mass is 14.9. The average Bonchev–Trinajstić information content (AvgIpc) is 2.13. The third-order valence-electron chi connectivity index (χ3n) is 2.02. The van der Waals surface area contributed by atoms with E-state index in [1.165, 1.54) is 12.0 Å². The summed E-state index contributed by atoms with van der Waals surface area (Å²) in [5.74, 6) is 0. The van der Waals surface area contributed by atoms with Gasteiger partial charge < -0.3 is 5.32 Å². The van der Waals surface area contributed by atoms with Crippen molar-refractivity contribution in [2.75, 3.05) is 6.54 Å². The molecule has 0 aliphatic heterocycles. The van der Waals surface area contributed by atoms with Crippen molar-refractivity contribution in [3.63, 3.8) is 0 Å². The van der Waals surface area contributed by atoms with Gasteiger partial charge in [-0.05, 0) is 51.8 Å². The first-order valence-electron chi connectivity index (χ1n) is 5.22. The second kappa shape index (κ2) is 5.11. The zero-order valence-corrected chi connectivity index (χ0v) is 9.38. The predicted octanol–water partition coefficient (Wildman–Crippen LogP) is 2.40. The Labute approximate surface area is 86.8 Å². The SMILES string of the molecule is CC(C)(C)NCCCc1cccnc1. The van der Waals surface area contributed by atoms with Crippen molar-refractivity contribution in [2.45, 2.75) is 39.2 Å². The van der Waals surface area contributed by atoms with Gasteiger partial charge in [-0.2, -0.15) is 0 Å². The van der Waals surface area contributed by atoms with E-state index in [9.17, 15) is 0 Å². The van der Waals surface area contributed by atoms with Crippen LogP contribution in [0.25, 0.3) is 0 Å². The lowest BCUT2D eigenvalue weighted by Gasteiger charge is -2.20. The Morgan fingerprint density at radius 2 is 2.14 bits per heavy atom. The summed E-state index contributed by atoms with van der Waals surface area (Å²) in [7, 11) is 0. The largest absolute Gasteiger partial charge is 0.312 e. The molecule has 0 saturated carbocycles. The topological polar surface area (TPSA) is 24.9 Å². The van der Waals surface area contributed by atoms with Crippen LogP contribution < -0.4 is 5.32 Å². The maximum Gasteiger partial charge on any atom is 0.0299 e. The number of hydrogen-bond donors (Lipinski definition) is 1. The van der Waals surface area contributed by atoms with E-state index < -0.39 is 0 Å². The standard InChI is InChI=1S/C12H20N2/c1-12(2,3)14-9-5-7-11-6-4-8-13-10-11/h4,6,8,10,14H,5,7,9H2,1-3H3. The zero-order chi connectivity index (χ0) is 10.4. The molecule has 0 amide bonds. The minimum absolute atomic E-state index is 0.231. The molecule has 0 radical (unpaired) electrons. The molecule has 1 rings (SSSR count). The van der Waals surface area contributed by atoms with Crippen molar-refractivity contribution < 1.29 is 0 Å². The van der Waals surface area contributed by atoms with Crippen molar-refractivity contribution in [1.29, 1.82) is 0 Å². The van der Waals surface area contributed by atoms with E-state index in [1.54, 1.807) is 0 Å². The lowest BCUT2D eigenvalue weighted by atomic mass is 10.1. The summed E-state index contributed by atoms with van der Waals surface area (Å²) in [5, 5.41) is 3.47. The molecule has 2 heteroatoms. The lowest BCUT2D eigenvalue weighted by Crippen LogP contribution is -2.36.